The third kappa shape index (κ3) is 2.36. The molecule has 1 rings (SSSR count). The average Bonchev–Trinajstić information content (AvgIpc) is 2.69. The second-order valence-electron chi connectivity index (χ2n) is 4.04. The normalized spacial score (nSPS) is 15.8. The number of furan rings is 1. The maximum Gasteiger partial charge on any atom is 0.0947 e. The number of hydrogen-bond donors (Lipinski definition) is 1. The van der Waals surface area contributed by atoms with Gasteiger partial charge in [0.1, 0.15) is 0 Å². The molecule has 0 aromatic carbocycles. The molecule has 80 valence electrons. The molecule has 0 aliphatic rings. The Balaban J connectivity index is 2.60. The molecular weight excluding hydrogens is 176 g/mol. The molecule has 1 aromatic heterocycles. The van der Waals surface area contributed by atoms with Gasteiger partial charge in [-0.15, -0.1) is 0 Å². The van der Waals surface area contributed by atoms with Crippen molar-refractivity contribution < 1.29 is 4.42 Å². The van der Waals surface area contributed by atoms with Crippen LogP contribution in [0.2, 0.25) is 0 Å². The first-order valence-corrected chi connectivity index (χ1v) is 5.05. The zero-order valence-electron chi connectivity index (χ0n) is 9.29. The van der Waals surface area contributed by atoms with Gasteiger partial charge in [-0.2, -0.15) is 0 Å². The van der Waals surface area contributed by atoms with Gasteiger partial charge in [0.15, 0.2) is 0 Å². The quantitative estimate of drug-likeness (QED) is 0.781. The number of hydrogen-bond acceptors (Lipinski definition) is 3. The predicted octanol–water partition coefficient (Wildman–Crippen LogP) is 1.84. The number of rotatable bonds is 5. The van der Waals surface area contributed by atoms with E-state index in [1.54, 1.807) is 12.5 Å². The molecule has 0 spiro atoms. The Morgan fingerprint density at radius 3 is 2.71 bits per heavy atom. The molecule has 3 nitrogen and oxygen atoms in total. The Bertz CT molecular complexity index is 252. The molecule has 0 saturated carbocycles. The number of nitrogens with zero attached hydrogens (tertiary/aromatic N) is 1. The zero-order chi connectivity index (χ0) is 10.6. The molecule has 0 aliphatic carbocycles. The van der Waals surface area contributed by atoms with E-state index in [1.165, 1.54) is 5.56 Å². The van der Waals surface area contributed by atoms with Crippen LogP contribution in [0.4, 0.5) is 0 Å². The van der Waals surface area contributed by atoms with Crippen molar-refractivity contribution in [3.63, 3.8) is 0 Å². The van der Waals surface area contributed by atoms with Crippen LogP contribution in [0.1, 0.15) is 25.8 Å². The largest absolute Gasteiger partial charge is 0.472 e. The summed E-state index contributed by atoms with van der Waals surface area (Å²) in [5, 5.41) is 0. The Labute approximate surface area is 85.9 Å². The van der Waals surface area contributed by atoms with Gasteiger partial charge in [0.25, 0.3) is 0 Å². The SMILES string of the molecule is CCC(C)(CN)N(C)Cc1ccoc1. The summed E-state index contributed by atoms with van der Waals surface area (Å²) in [6.07, 6.45) is 4.54. The third-order valence-corrected chi connectivity index (χ3v) is 3.12. The minimum absolute atomic E-state index is 0.0806. The van der Waals surface area contributed by atoms with E-state index in [0.717, 1.165) is 13.0 Å². The van der Waals surface area contributed by atoms with Crippen LogP contribution in [0.5, 0.6) is 0 Å². The van der Waals surface area contributed by atoms with Crippen LogP contribution >= 0.6 is 0 Å². The lowest BCUT2D eigenvalue weighted by atomic mass is 9.97. The summed E-state index contributed by atoms with van der Waals surface area (Å²) in [5.41, 5.74) is 7.06. The van der Waals surface area contributed by atoms with Crippen LogP contribution in [0, 0.1) is 0 Å². The Kier molecular flexibility index (Phi) is 3.72. The van der Waals surface area contributed by atoms with Crippen molar-refractivity contribution in [3.8, 4) is 0 Å². The molecule has 1 heterocycles. The first kappa shape index (κ1) is 11.3. The number of nitrogens with two attached hydrogens (primary N) is 1. The maximum absolute atomic E-state index is 5.78. The topological polar surface area (TPSA) is 42.4 Å². The van der Waals surface area contributed by atoms with E-state index in [1.807, 2.05) is 6.07 Å². The highest BCUT2D eigenvalue weighted by molar-refractivity contribution is 5.05. The van der Waals surface area contributed by atoms with Crippen molar-refractivity contribution in [2.75, 3.05) is 13.6 Å². The zero-order valence-corrected chi connectivity index (χ0v) is 9.29. The van der Waals surface area contributed by atoms with Crippen LogP contribution in [-0.2, 0) is 6.54 Å². The first-order chi connectivity index (χ1) is 6.62. The summed E-state index contributed by atoms with van der Waals surface area (Å²) in [4.78, 5) is 2.28. The Hall–Kier alpha value is -0.800. The van der Waals surface area contributed by atoms with Crippen LogP contribution < -0.4 is 5.73 Å². The van der Waals surface area contributed by atoms with Crippen molar-refractivity contribution in [2.24, 2.45) is 5.73 Å². The van der Waals surface area contributed by atoms with Crippen LogP contribution in [0.25, 0.3) is 0 Å². The van der Waals surface area contributed by atoms with Crippen molar-refractivity contribution in [1.82, 2.24) is 4.90 Å². The smallest absolute Gasteiger partial charge is 0.0947 e. The second kappa shape index (κ2) is 4.62. The fourth-order valence-corrected chi connectivity index (χ4v) is 1.42. The molecule has 1 unspecified atom stereocenters. The molecule has 0 radical (unpaired) electrons. The van der Waals surface area contributed by atoms with Crippen molar-refractivity contribution >= 4 is 0 Å². The molecule has 0 aliphatic heterocycles. The van der Waals surface area contributed by atoms with Gasteiger partial charge >= 0.3 is 0 Å². The highest BCUT2D eigenvalue weighted by Gasteiger charge is 2.25. The van der Waals surface area contributed by atoms with E-state index in [4.69, 9.17) is 10.2 Å². The second-order valence-corrected chi connectivity index (χ2v) is 4.04. The van der Waals surface area contributed by atoms with E-state index in [9.17, 15) is 0 Å². The molecule has 0 bridgehead atoms. The van der Waals surface area contributed by atoms with Crippen molar-refractivity contribution in [3.05, 3.63) is 24.2 Å². The molecule has 1 aromatic rings. The first-order valence-electron chi connectivity index (χ1n) is 5.05. The summed E-state index contributed by atoms with van der Waals surface area (Å²) in [5.74, 6) is 0. The van der Waals surface area contributed by atoms with Crippen LogP contribution in [-0.4, -0.2) is 24.0 Å². The minimum atomic E-state index is 0.0806. The molecule has 0 amide bonds. The molecule has 2 N–H and O–H groups in total. The average molecular weight is 196 g/mol. The Morgan fingerprint density at radius 2 is 2.29 bits per heavy atom. The summed E-state index contributed by atoms with van der Waals surface area (Å²) >= 11 is 0. The van der Waals surface area contributed by atoms with E-state index >= 15 is 0 Å². The molecular formula is C11H20N2O. The molecule has 3 heteroatoms. The van der Waals surface area contributed by atoms with Gasteiger partial charge in [-0.25, -0.2) is 0 Å². The maximum atomic E-state index is 5.78. The highest BCUT2D eigenvalue weighted by Crippen LogP contribution is 2.18. The minimum Gasteiger partial charge on any atom is -0.472 e. The molecule has 0 fully saturated rings. The summed E-state index contributed by atoms with van der Waals surface area (Å²) in [7, 11) is 2.10. The van der Waals surface area contributed by atoms with Crippen molar-refractivity contribution in [1.29, 1.82) is 0 Å². The van der Waals surface area contributed by atoms with Gasteiger partial charge in [0.05, 0.1) is 12.5 Å². The third-order valence-electron chi connectivity index (χ3n) is 3.12. The monoisotopic (exact) mass is 196 g/mol. The lowest BCUT2D eigenvalue weighted by Gasteiger charge is -2.37. The molecule has 1 atom stereocenters. The molecule has 14 heavy (non-hydrogen) atoms. The van der Waals surface area contributed by atoms with E-state index in [-0.39, 0.29) is 5.54 Å². The van der Waals surface area contributed by atoms with Gasteiger partial charge in [-0.05, 0) is 26.5 Å². The van der Waals surface area contributed by atoms with Crippen LogP contribution in [0.3, 0.4) is 0 Å². The lowest BCUT2D eigenvalue weighted by molar-refractivity contribution is 0.131. The number of likely N-dealkylation sites (N-methyl/N-ethyl adjacent to an activating group) is 1. The van der Waals surface area contributed by atoms with Gasteiger partial charge in [0.2, 0.25) is 0 Å². The predicted molar refractivity (Wildman–Crippen MR) is 57.9 cm³/mol. The van der Waals surface area contributed by atoms with E-state index < -0.39 is 0 Å². The standard InChI is InChI=1S/C11H20N2O/c1-4-11(2,9-12)13(3)7-10-5-6-14-8-10/h5-6,8H,4,7,9,12H2,1-3H3. The van der Waals surface area contributed by atoms with E-state index in [0.29, 0.717) is 6.54 Å². The highest BCUT2D eigenvalue weighted by atomic mass is 16.3. The van der Waals surface area contributed by atoms with E-state index in [2.05, 4.69) is 25.8 Å². The summed E-state index contributed by atoms with van der Waals surface area (Å²) < 4.78 is 5.04. The summed E-state index contributed by atoms with van der Waals surface area (Å²) in [6, 6.07) is 1.99. The van der Waals surface area contributed by atoms with Gasteiger partial charge < -0.3 is 10.2 Å². The molecule has 0 saturated heterocycles. The Morgan fingerprint density at radius 1 is 1.57 bits per heavy atom. The van der Waals surface area contributed by atoms with Gasteiger partial charge in [-0.1, -0.05) is 6.92 Å². The van der Waals surface area contributed by atoms with Gasteiger partial charge in [-0.3, -0.25) is 4.90 Å². The lowest BCUT2D eigenvalue weighted by Crippen LogP contribution is -2.48. The van der Waals surface area contributed by atoms with Crippen LogP contribution in [0.15, 0.2) is 23.0 Å². The fraction of sp³-hybridized carbons (Fsp3) is 0.636. The van der Waals surface area contributed by atoms with Gasteiger partial charge in [0, 0.05) is 24.2 Å². The summed E-state index contributed by atoms with van der Waals surface area (Å²) in [6.45, 7) is 5.92. The van der Waals surface area contributed by atoms with Crippen molar-refractivity contribution in [2.45, 2.75) is 32.4 Å². The fourth-order valence-electron chi connectivity index (χ4n) is 1.42.